The van der Waals surface area contributed by atoms with E-state index in [2.05, 4.69) is 5.32 Å². The topological polar surface area (TPSA) is 110 Å². The van der Waals surface area contributed by atoms with E-state index in [0.29, 0.717) is 16.8 Å². The lowest BCUT2D eigenvalue weighted by Crippen LogP contribution is -2.49. The molecule has 4 aromatic carbocycles. The van der Waals surface area contributed by atoms with Crippen molar-refractivity contribution in [2.75, 3.05) is 5.32 Å². The van der Waals surface area contributed by atoms with Gasteiger partial charge in [0.15, 0.2) is 11.6 Å². The Hall–Kier alpha value is -5.37. The van der Waals surface area contributed by atoms with Crippen LogP contribution in [-0.2, 0) is 10.2 Å². The van der Waals surface area contributed by atoms with Crippen LogP contribution in [0.3, 0.4) is 0 Å². The number of nitro groups is 1. The SMILES string of the molecule is O=C(c1ccc([N+](=O)[O-])cc1)[C@@H]1[C@H](C(=O)c2ccccc2)[C@@]2(C(=O)Nc3ccccc32)[C@@H]2c3ccccc3C=CN12. The number of rotatable bonds is 5. The summed E-state index contributed by atoms with van der Waals surface area (Å²) in [7, 11) is 0. The van der Waals surface area contributed by atoms with Gasteiger partial charge in [-0.15, -0.1) is 0 Å². The highest BCUT2D eigenvalue weighted by Crippen LogP contribution is 2.62. The van der Waals surface area contributed by atoms with Gasteiger partial charge in [-0.05, 0) is 41.0 Å². The van der Waals surface area contributed by atoms with Gasteiger partial charge in [-0.1, -0.05) is 72.8 Å². The lowest BCUT2D eigenvalue weighted by atomic mass is 9.62. The molecule has 1 fully saturated rings. The van der Waals surface area contributed by atoms with Crippen LogP contribution < -0.4 is 5.32 Å². The molecule has 3 heterocycles. The van der Waals surface area contributed by atoms with Crippen LogP contribution in [0.1, 0.15) is 43.4 Å². The third kappa shape index (κ3) is 3.43. The maximum Gasteiger partial charge on any atom is 0.269 e. The summed E-state index contributed by atoms with van der Waals surface area (Å²) in [6, 6.07) is 27.4. The average Bonchev–Trinajstić information content (AvgIpc) is 3.49. The summed E-state index contributed by atoms with van der Waals surface area (Å²) in [5.41, 5.74) is 2.07. The minimum absolute atomic E-state index is 0.143. The number of amides is 1. The second-order valence-electron chi connectivity index (χ2n) is 10.5. The van der Waals surface area contributed by atoms with Gasteiger partial charge in [-0.2, -0.15) is 0 Å². The molecule has 0 bridgehead atoms. The molecular formula is C33H23N3O5. The first kappa shape index (κ1) is 24.7. The first-order valence-electron chi connectivity index (χ1n) is 13.3. The van der Waals surface area contributed by atoms with Gasteiger partial charge in [0.05, 0.1) is 16.9 Å². The largest absolute Gasteiger partial charge is 0.358 e. The first-order valence-corrected chi connectivity index (χ1v) is 13.3. The molecule has 1 N–H and O–H groups in total. The molecule has 0 saturated carbocycles. The molecule has 3 aliphatic heterocycles. The van der Waals surface area contributed by atoms with Gasteiger partial charge in [0.2, 0.25) is 5.91 Å². The number of benzene rings is 4. The Morgan fingerprint density at radius 1 is 0.805 bits per heavy atom. The molecule has 4 atom stereocenters. The van der Waals surface area contributed by atoms with E-state index < -0.39 is 34.1 Å². The van der Waals surface area contributed by atoms with Gasteiger partial charge < -0.3 is 10.2 Å². The number of anilines is 1. The zero-order valence-electron chi connectivity index (χ0n) is 21.6. The Morgan fingerprint density at radius 2 is 1.46 bits per heavy atom. The molecule has 41 heavy (non-hydrogen) atoms. The molecule has 1 spiro atoms. The fourth-order valence-electron chi connectivity index (χ4n) is 6.87. The van der Waals surface area contributed by atoms with E-state index in [9.17, 15) is 24.5 Å². The van der Waals surface area contributed by atoms with E-state index >= 15 is 0 Å². The van der Waals surface area contributed by atoms with E-state index in [-0.39, 0.29) is 22.9 Å². The Labute approximate surface area is 235 Å². The molecule has 0 aromatic heterocycles. The van der Waals surface area contributed by atoms with Gasteiger partial charge in [-0.3, -0.25) is 24.5 Å². The molecule has 200 valence electrons. The summed E-state index contributed by atoms with van der Waals surface area (Å²) in [5.74, 6) is -2.15. The molecule has 7 rings (SSSR count). The maximum absolute atomic E-state index is 14.6. The van der Waals surface area contributed by atoms with Gasteiger partial charge in [-0.25, -0.2) is 0 Å². The number of nitrogens with zero attached hydrogens (tertiary/aromatic N) is 2. The standard InChI is InChI=1S/C33H23N3O5/c37-29(21-9-2-1-3-10-21)27-28(30(38)22-14-16-23(17-15-22)36(40)41)35-19-18-20-8-4-5-11-24(20)31(35)33(27)25-12-6-7-13-26(25)34-32(33)39/h1-19,27-28,31H,(H,34,39)/t27-,28+,31+,33-/m1/s1. The summed E-state index contributed by atoms with van der Waals surface area (Å²) < 4.78 is 0. The molecule has 1 amide bonds. The predicted octanol–water partition coefficient (Wildman–Crippen LogP) is 5.58. The molecule has 0 radical (unpaired) electrons. The van der Waals surface area contributed by atoms with Crippen molar-refractivity contribution >= 4 is 34.9 Å². The van der Waals surface area contributed by atoms with E-state index in [1.165, 1.54) is 24.3 Å². The quantitative estimate of drug-likeness (QED) is 0.201. The van der Waals surface area contributed by atoms with Gasteiger partial charge in [0.1, 0.15) is 11.5 Å². The molecular weight excluding hydrogens is 518 g/mol. The van der Waals surface area contributed by atoms with Crippen molar-refractivity contribution in [3.05, 3.63) is 147 Å². The zero-order chi connectivity index (χ0) is 28.3. The number of carbonyl (C=O) groups is 3. The normalized spacial score (nSPS) is 23.5. The van der Waals surface area contributed by atoms with E-state index in [0.717, 1.165) is 11.1 Å². The highest BCUT2D eigenvalue weighted by molar-refractivity contribution is 6.16. The third-order valence-corrected chi connectivity index (χ3v) is 8.54. The monoisotopic (exact) mass is 541 g/mol. The van der Waals surface area contributed by atoms with Crippen LogP contribution in [0.15, 0.2) is 109 Å². The second-order valence-corrected chi connectivity index (χ2v) is 10.5. The Kier molecular flexibility index (Phi) is 5.47. The van der Waals surface area contributed by atoms with Crippen LogP contribution >= 0.6 is 0 Å². The van der Waals surface area contributed by atoms with E-state index in [1.54, 1.807) is 36.5 Å². The van der Waals surface area contributed by atoms with Gasteiger partial charge in [0.25, 0.3) is 5.69 Å². The van der Waals surface area contributed by atoms with Crippen LogP contribution in [0.5, 0.6) is 0 Å². The lowest BCUT2D eigenvalue weighted by molar-refractivity contribution is -0.384. The van der Waals surface area contributed by atoms with Crippen LogP contribution in [0.25, 0.3) is 6.08 Å². The smallest absolute Gasteiger partial charge is 0.269 e. The van der Waals surface area contributed by atoms with Crippen molar-refractivity contribution in [1.82, 2.24) is 4.90 Å². The highest BCUT2D eigenvalue weighted by atomic mass is 16.6. The summed E-state index contributed by atoms with van der Waals surface area (Å²) in [4.78, 5) is 56.1. The average molecular weight is 542 g/mol. The number of hydrogen-bond acceptors (Lipinski definition) is 6. The molecule has 0 unspecified atom stereocenters. The van der Waals surface area contributed by atoms with Crippen molar-refractivity contribution in [2.24, 2.45) is 5.92 Å². The fraction of sp³-hybridized carbons (Fsp3) is 0.121. The number of non-ortho nitro benzene ring substituents is 1. The summed E-state index contributed by atoms with van der Waals surface area (Å²) in [6.07, 6.45) is 3.69. The van der Waals surface area contributed by atoms with Crippen LogP contribution in [0.4, 0.5) is 11.4 Å². The molecule has 8 nitrogen and oxygen atoms in total. The molecule has 3 aliphatic rings. The van der Waals surface area contributed by atoms with Crippen molar-refractivity contribution < 1.29 is 19.3 Å². The number of nitrogens with one attached hydrogen (secondary N) is 1. The summed E-state index contributed by atoms with van der Waals surface area (Å²) in [5, 5.41) is 14.3. The number of ketones is 2. The Balaban J connectivity index is 1.51. The minimum Gasteiger partial charge on any atom is -0.358 e. The first-order chi connectivity index (χ1) is 19.9. The maximum atomic E-state index is 14.6. The lowest BCUT2D eigenvalue weighted by Gasteiger charge is -2.38. The zero-order valence-corrected chi connectivity index (χ0v) is 21.6. The van der Waals surface area contributed by atoms with Crippen molar-refractivity contribution in [2.45, 2.75) is 17.5 Å². The van der Waals surface area contributed by atoms with Crippen LogP contribution in [-0.4, -0.2) is 33.3 Å². The van der Waals surface area contributed by atoms with Crippen LogP contribution in [0.2, 0.25) is 0 Å². The van der Waals surface area contributed by atoms with Crippen molar-refractivity contribution in [3.63, 3.8) is 0 Å². The Morgan fingerprint density at radius 3 is 2.22 bits per heavy atom. The van der Waals surface area contributed by atoms with Gasteiger partial charge >= 0.3 is 0 Å². The van der Waals surface area contributed by atoms with Gasteiger partial charge in [0, 0.05) is 35.1 Å². The number of para-hydroxylation sites is 1. The Bertz CT molecular complexity index is 1780. The molecule has 0 aliphatic carbocycles. The molecule has 8 heteroatoms. The van der Waals surface area contributed by atoms with Crippen molar-refractivity contribution in [1.29, 1.82) is 0 Å². The van der Waals surface area contributed by atoms with Crippen molar-refractivity contribution in [3.8, 4) is 0 Å². The molecule has 1 saturated heterocycles. The number of Topliss-reactive ketones (excluding diaryl/α,β-unsaturated/α-hetero) is 2. The minimum atomic E-state index is -1.43. The highest BCUT2D eigenvalue weighted by Gasteiger charge is 2.70. The van der Waals surface area contributed by atoms with Crippen LogP contribution in [0, 0.1) is 16.0 Å². The fourth-order valence-corrected chi connectivity index (χ4v) is 6.87. The predicted molar refractivity (Wildman–Crippen MR) is 152 cm³/mol. The molecule has 4 aromatic rings. The van der Waals surface area contributed by atoms with E-state index in [1.807, 2.05) is 59.5 Å². The number of hydrogen-bond donors (Lipinski definition) is 1. The third-order valence-electron chi connectivity index (χ3n) is 8.54. The summed E-state index contributed by atoms with van der Waals surface area (Å²) in [6.45, 7) is 0. The summed E-state index contributed by atoms with van der Waals surface area (Å²) >= 11 is 0. The second kappa shape index (κ2) is 9.09. The number of fused-ring (bicyclic) bond motifs is 6. The van der Waals surface area contributed by atoms with E-state index in [4.69, 9.17) is 0 Å². The number of nitro benzene ring substituents is 1. The number of carbonyl (C=O) groups excluding carboxylic acids is 3.